The van der Waals surface area contributed by atoms with E-state index in [1.54, 1.807) is 39.0 Å². The summed E-state index contributed by atoms with van der Waals surface area (Å²) in [6, 6.07) is 6.01. The predicted octanol–water partition coefficient (Wildman–Crippen LogP) is 1.95. The fourth-order valence-corrected chi connectivity index (χ4v) is 4.01. The molecule has 8 heteroatoms. The van der Waals surface area contributed by atoms with Crippen LogP contribution in [-0.4, -0.2) is 43.6 Å². The van der Waals surface area contributed by atoms with Crippen LogP contribution in [-0.2, 0) is 14.6 Å². The van der Waals surface area contributed by atoms with Gasteiger partial charge in [0.05, 0.1) is 11.5 Å². The van der Waals surface area contributed by atoms with E-state index in [1.807, 2.05) is 0 Å². The first-order valence-electron chi connectivity index (χ1n) is 7.65. The summed E-state index contributed by atoms with van der Waals surface area (Å²) in [6.07, 6.45) is -0.189. The summed E-state index contributed by atoms with van der Waals surface area (Å²) in [5.74, 6) is -0.308. The maximum absolute atomic E-state index is 12.2. The topological polar surface area (TPSA) is 102 Å². The molecular weight excluding hydrogens is 332 g/mol. The van der Waals surface area contributed by atoms with E-state index in [1.165, 1.54) is 6.07 Å². The monoisotopic (exact) mass is 354 g/mol. The number of amides is 2. The van der Waals surface area contributed by atoms with Crippen molar-refractivity contribution in [2.45, 2.75) is 38.8 Å². The van der Waals surface area contributed by atoms with Crippen LogP contribution >= 0.6 is 0 Å². The summed E-state index contributed by atoms with van der Waals surface area (Å²) in [6.45, 7) is 5.27. The number of ether oxygens (including phenoxy) is 1. The Morgan fingerprint density at radius 2 is 1.96 bits per heavy atom. The Morgan fingerprint density at radius 3 is 2.54 bits per heavy atom. The molecule has 2 N–H and O–H groups in total. The van der Waals surface area contributed by atoms with Crippen LogP contribution in [0, 0.1) is 0 Å². The zero-order chi connectivity index (χ0) is 18.0. The summed E-state index contributed by atoms with van der Waals surface area (Å²) in [4.78, 5) is 24.0. The zero-order valence-electron chi connectivity index (χ0n) is 14.0. The number of carbonyl (C=O) groups is 2. The molecule has 7 nitrogen and oxygen atoms in total. The fraction of sp³-hybridized carbons (Fsp3) is 0.500. The van der Waals surface area contributed by atoms with E-state index in [0.29, 0.717) is 17.7 Å². The summed E-state index contributed by atoms with van der Waals surface area (Å²) in [7, 11) is -3.05. The van der Waals surface area contributed by atoms with Gasteiger partial charge >= 0.3 is 6.09 Å². The van der Waals surface area contributed by atoms with Crippen LogP contribution in [0.5, 0.6) is 0 Å². The number of nitrogens with one attached hydrogen (secondary N) is 2. The van der Waals surface area contributed by atoms with E-state index in [0.717, 1.165) is 0 Å². The molecule has 0 spiro atoms. The van der Waals surface area contributed by atoms with Crippen molar-refractivity contribution in [1.82, 2.24) is 5.32 Å². The molecule has 0 unspecified atom stereocenters. The lowest BCUT2D eigenvalue weighted by Crippen LogP contribution is -2.35. The van der Waals surface area contributed by atoms with Gasteiger partial charge in [-0.3, -0.25) is 10.1 Å². The first-order valence-corrected chi connectivity index (χ1v) is 9.48. The standard InChI is InChI=1S/C16H22N2O5S/c1-16(2,3)23-15(20)18-12-6-4-5-11(9-12)14(19)17-13-7-8-24(21,22)10-13/h4-6,9,13H,7-8,10H2,1-3H3,(H,17,19)(H,18,20)/t13-/m1/s1. The van der Waals surface area contributed by atoms with Crippen LogP contribution in [0.4, 0.5) is 10.5 Å². The Hall–Kier alpha value is -2.09. The molecule has 1 aromatic carbocycles. The Labute approximate surface area is 141 Å². The second kappa shape index (κ2) is 6.80. The maximum Gasteiger partial charge on any atom is 0.412 e. The predicted molar refractivity (Wildman–Crippen MR) is 90.8 cm³/mol. The van der Waals surface area contributed by atoms with Crippen molar-refractivity contribution >= 4 is 27.5 Å². The normalized spacial score (nSPS) is 19.5. The Kier molecular flexibility index (Phi) is 5.17. The average Bonchev–Trinajstić information content (AvgIpc) is 2.76. The highest BCUT2D eigenvalue weighted by Crippen LogP contribution is 2.15. The smallest absolute Gasteiger partial charge is 0.412 e. The minimum absolute atomic E-state index is 0.0331. The minimum atomic E-state index is -3.05. The number of benzene rings is 1. The SMILES string of the molecule is CC(C)(C)OC(=O)Nc1cccc(C(=O)N[C@@H]2CCS(=O)(=O)C2)c1. The molecule has 24 heavy (non-hydrogen) atoms. The summed E-state index contributed by atoms with van der Waals surface area (Å²) >= 11 is 0. The number of carbonyl (C=O) groups excluding carboxylic acids is 2. The number of hydrogen-bond acceptors (Lipinski definition) is 5. The molecule has 2 amide bonds. The molecule has 0 radical (unpaired) electrons. The minimum Gasteiger partial charge on any atom is -0.444 e. The lowest BCUT2D eigenvalue weighted by Gasteiger charge is -2.19. The molecule has 1 fully saturated rings. The zero-order valence-corrected chi connectivity index (χ0v) is 14.8. The lowest BCUT2D eigenvalue weighted by atomic mass is 10.1. The van der Waals surface area contributed by atoms with E-state index < -0.39 is 21.5 Å². The van der Waals surface area contributed by atoms with Gasteiger partial charge in [0.25, 0.3) is 5.91 Å². The summed E-state index contributed by atoms with van der Waals surface area (Å²) < 4.78 is 28.0. The van der Waals surface area contributed by atoms with E-state index in [2.05, 4.69) is 10.6 Å². The van der Waals surface area contributed by atoms with Crippen LogP contribution < -0.4 is 10.6 Å². The van der Waals surface area contributed by atoms with Crippen molar-refractivity contribution in [2.24, 2.45) is 0 Å². The summed E-state index contributed by atoms with van der Waals surface area (Å²) in [5, 5.41) is 5.27. The van der Waals surface area contributed by atoms with Crippen molar-refractivity contribution < 1.29 is 22.7 Å². The Balaban J connectivity index is 1.99. The quantitative estimate of drug-likeness (QED) is 0.864. The summed E-state index contributed by atoms with van der Waals surface area (Å²) in [5.41, 5.74) is 0.149. The molecule has 1 atom stereocenters. The lowest BCUT2D eigenvalue weighted by molar-refractivity contribution is 0.0635. The van der Waals surface area contributed by atoms with Gasteiger partial charge in [-0.15, -0.1) is 0 Å². The number of rotatable bonds is 3. The number of anilines is 1. The highest BCUT2D eigenvalue weighted by molar-refractivity contribution is 7.91. The van der Waals surface area contributed by atoms with Crippen molar-refractivity contribution in [3.8, 4) is 0 Å². The Morgan fingerprint density at radius 1 is 1.25 bits per heavy atom. The third kappa shape index (κ3) is 5.52. The van der Waals surface area contributed by atoms with Crippen LogP contribution in [0.3, 0.4) is 0 Å². The van der Waals surface area contributed by atoms with Crippen molar-refractivity contribution in [3.63, 3.8) is 0 Å². The fourth-order valence-electron chi connectivity index (χ4n) is 2.34. The molecule has 2 rings (SSSR count). The second-order valence-corrected chi connectivity index (χ2v) is 9.01. The highest BCUT2D eigenvalue weighted by Gasteiger charge is 2.29. The van der Waals surface area contributed by atoms with Gasteiger partial charge in [-0.25, -0.2) is 13.2 Å². The van der Waals surface area contributed by atoms with Gasteiger partial charge in [-0.05, 0) is 45.4 Å². The van der Waals surface area contributed by atoms with Gasteiger partial charge in [0, 0.05) is 17.3 Å². The van der Waals surface area contributed by atoms with E-state index in [4.69, 9.17) is 4.74 Å². The van der Waals surface area contributed by atoms with Gasteiger partial charge in [-0.1, -0.05) is 6.07 Å². The van der Waals surface area contributed by atoms with Gasteiger partial charge in [0.2, 0.25) is 0 Å². The molecule has 132 valence electrons. The molecule has 1 saturated heterocycles. The molecule has 1 aromatic rings. The Bertz CT molecular complexity index is 737. The first-order chi connectivity index (χ1) is 11.0. The van der Waals surface area contributed by atoms with Gasteiger partial charge in [0.15, 0.2) is 9.84 Å². The molecule has 0 bridgehead atoms. The van der Waals surface area contributed by atoms with E-state index >= 15 is 0 Å². The van der Waals surface area contributed by atoms with Crippen molar-refractivity contribution in [2.75, 3.05) is 16.8 Å². The average molecular weight is 354 g/mol. The highest BCUT2D eigenvalue weighted by atomic mass is 32.2. The molecule has 1 aliphatic heterocycles. The van der Waals surface area contributed by atoms with E-state index in [-0.39, 0.29) is 23.5 Å². The second-order valence-electron chi connectivity index (χ2n) is 6.78. The maximum atomic E-state index is 12.2. The molecule has 0 aromatic heterocycles. The van der Waals surface area contributed by atoms with Crippen molar-refractivity contribution in [1.29, 1.82) is 0 Å². The molecular formula is C16H22N2O5S. The van der Waals surface area contributed by atoms with Crippen LogP contribution in [0.2, 0.25) is 0 Å². The third-order valence-corrected chi connectivity index (χ3v) is 5.11. The molecule has 1 heterocycles. The van der Waals surface area contributed by atoms with Crippen LogP contribution in [0.25, 0.3) is 0 Å². The third-order valence-electron chi connectivity index (χ3n) is 3.34. The molecule has 1 aliphatic rings. The number of hydrogen-bond donors (Lipinski definition) is 2. The van der Waals surface area contributed by atoms with Crippen LogP contribution in [0.1, 0.15) is 37.6 Å². The molecule has 0 aliphatic carbocycles. The van der Waals surface area contributed by atoms with Gasteiger partial charge in [-0.2, -0.15) is 0 Å². The largest absolute Gasteiger partial charge is 0.444 e. The van der Waals surface area contributed by atoms with Gasteiger partial charge in [0.1, 0.15) is 5.60 Å². The van der Waals surface area contributed by atoms with Gasteiger partial charge < -0.3 is 10.1 Å². The first kappa shape index (κ1) is 18.3. The van der Waals surface area contributed by atoms with E-state index in [9.17, 15) is 18.0 Å². The van der Waals surface area contributed by atoms with Crippen molar-refractivity contribution in [3.05, 3.63) is 29.8 Å². The number of sulfone groups is 1. The van der Waals surface area contributed by atoms with Crippen LogP contribution in [0.15, 0.2) is 24.3 Å². The molecule has 0 saturated carbocycles.